The largest absolute Gasteiger partial charge is 0.333 e. The molecule has 5 rings (SSSR count). The van der Waals surface area contributed by atoms with E-state index in [1.807, 2.05) is 6.07 Å². The van der Waals surface area contributed by atoms with Crippen molar-refractivity contribution in [3.05, 3.63) is 83.6 Å². The van der Waals surface area contributed by atoms with Crippen LogP contribution in [-0.2, 0) is 16.4 Å². The van der Waals surface area contributed by atoms with Gasteiger partial charge in [-0.1, -0.05) is 12.1 Å². The summed E-state index contributed by atoms with van der Waals surface area (Å²) in [6.07, 6.45) is 0.455. The average Bonchev–Trinajstić information content (AvgIpc) is 3.16. The molecule has 0 bridgehead atoms. The molecule has 10 heteroatoms. The lowest BCUT2D eigenvalue weighted by atomic mass is 10.00. The lowest BCUT2D eigenvalue weighted by Gasteiger charge is -2.29. The van der Waals surface area contributed by atoms with Crippen LogP contribution in [0.2, 0.25) is 0 Å². The van der Waals surface area contributed by atoms with Crippen LogP contribution in [0.5, 0.6) is 0 Å². The molecule has 0 aliphatic carbocycles. The number of primary sulfonamides is 1. The average molecular weight is 478 g/mol. The summed E-state index contributed by atoms with van der Waals surface area (Å²) in [5.74, 6) is -1.45. The number of hydrogen-bond acceptors (Lipinski definition) is 4. The monoisotopic (exact) mass is 478 g/mol. The van der Waals surface area contributed by atoms with Crippen LogP contribution in [0.1, 0.15) is 11.3 Å². The Morgan fingerprint density at radius 3 is 2.41 bits per heavy atom. The second kappa shape index (κ2) is 7.76. The zero-order valence-corrected chi connectivity index (χ0v) is 18.3. The molecule has 0 radical (unpaired) electrons. The number of rotatable bonds is 3. The summed E-state index contributed by atoms with van der Waals surface area (Å²) in [5, 5.41) is 14.8. The summed E-state index contributed by atoms with van der Waals surface area (Å²) in [4.78, 5) is 14.2. The van der Waals surface area contributed by atoms with E-state index in [4.69, 9.17) is 5.14 Å². The molecule has 170 valence electrons. The predicted molar refractivity (Wildman–Crippen MR) is 122 cm³/mol. The number of sulfonamides is 1. The minimum atomic E-state index is -4.32. The van der Waals surface area contributed by atoms with Crippen LogP contribution in [0, 0.1) is 23.0 Å². The van der Waals surface area contributed by atoms with Crippen LogP contribution in [-0.4, -0.2) is 25.6 Å². The van der Waals surface area contributed by atoms with Gasteiger partial charge >= 0.3 is 6.03 Å². The fraction of sp³-hybridized carbons (Fsp3) is 0.0833. The van der Waals surface area contributed by atoms with Gasteiger partial charge in [0.05, 0.1) is 17.1 Å². The van der Waals surface area contributed by atoms with Gasteiger partial charge in [-0.15, -0.1) is 0 Å². The normalized spacial score (nSPS) is 13.7. The van der Waals surface area contributed by atoms with Crippen molar-refractivity contribution in [1.82, 2.24) is 4.57 Å². The van der Waals surface area contributed by atoms with E-state index in [1.54, 1.807) is 30.3 Å². The van der Waals surface area contributed by atoms with Gasteiger partial charge in [-0.3, -0.25) is 9.47 Å². The molecule has 2 N–H and O–H groups in total. The maximum Gasteiger partial charge on any atom is 0.333 e. The number of halogens is 2. The lowest BCUT2D eigenvalue weighted by Crippen LogP contribution is -2.41. The highest BCUT2D eigenvalue weighted by molar-refractivity contribution is 7.89. The third-order valence-corrected chi connectivity index (χ3v) is 6.77. The molecule has 34 heavy (non-hydrogen) atoms. The van der Waals surface area contributed by atoms with E-state index in [0.29, 0.717) is 46.4 Å². The molecule has 7 nitrogen and oxygen atoms in total. The Labute approximate surface area is 193 Å². The van der Waals surface area contributed by atoms with Crippen LogP contribution in [0.25, 0.3) is 22.0 Å². The number of nitrogens with two attached hydrogens (primary N) is 1. The minimum absolute atomic E-state index is 0.241. The maximum absolute atomic E-state index is 14.3. The first-order chi connectivity index (χ1) is 16.2. The highest BCUT2D eigenvalue weighted by Crippen LogP contribution is 2.32. The number of hydrogen-bond donors (Lipinski definition) is 1. The number of anilines is 1. The SMILES string of the molecule is N#Cc1ccc(F)cc1-c1ccc(N2CCc3cc4cc(F)c(S(N)(=O)=O)cc4n3C2=O)cc1. The molecule has 0 unspecified atom stereocenters. The topological polar surface area (TPSA) is 109 Å². The number of carbonyl (C=O) groups is 1. The van der Waals surface area contributed by atoms with Gasteiger partial charge in [0.2, 0.25) is 10.0 Å². The summed E-state index contributed by atoms with van der Waals surface area (Å²) in [7, 11) is -4.32. The van der Waals surface area contributed by atoms with Gasteiger partial charge in [-0.05, 0) is 54.1 Å². The van der Waals surface area contributed by atoms with E-state index in [9.17, 15) is 27.3 Å². The number of fused-ring (bicyclic) bond motifs is 3. The Bertz CT molecular complexity index is 1640. The van der Waals surface area contributed by atoms with Gasteiger partial charge in [0.15, 0.2) is 0 Å². The molecule has 1 aliphatic heterocycles. The molecule has 0 fully saturated rings. The van der Waals surface area contributed by atoms with E-state index in [-0.39, 0.29) is 5.52 Å². The summed E-state index contributed by atoms with van der Waals surface area (Å²) in [6, 6.07) is 16.0. The Morgan fingerprint density at radius 2 is 1.74 bits per heavy atom. The van der Waals surface area contributed by atoms with Gasteiger partial charge in [0.25, 0.3) is 0 Å². The van der Waals surface area contributed by atoms with Crippen LogP contribution in [0.4, 0.5) is 19.3 Å². The Kier molecular flexibility index (Phi) is 4.97. The zero-order valence-electron chi connectivity index (χ0n) is 17.5. The maximum atomic E-state index is 14.3. The highest BCUT2D eigenvalue weighted by Gasteiger charge is 2.29. The molecule has 1 aliphatic rings. The van der Waals surface area contributed by atoms with E-state index in [1.165, 1.54) is 27.7 Å². The Morgan fingerprint density at radius 1 is 1.00 bits per heavy atom. The number of carbonyl (C=O) groups excluding carboxylic acids is 1. The van der Waals surface area contributed by atoms with E-state index >= 15 is 0 Å². The van der Waals surface area contributed by atoms with Crippen molar-refractivity contribution in [3.8, 4) is 17.2 Å². The molecule has 1 aromatic heterocycles. The summed E-state index contributed by atoms with van der Waals surface area (Å²) in [6.45, 7) is 0.350. The van der Waals surface area contributed by atoms with Gasteiger partial charge in [0.1, 0.15) is 16.5 Å². The van der Waals surface area contributed by atoms with E-state index in [0.717, 1.165) is 12.1 Å². The Hall–Kier alpha value is -4.07. The van der Waals surface area contributed by atoms with Crippen LogP contribution in [0.15, 0.2) is 65.6 Å². The van der Waals surface area contributed by atoms with Crippen molar-refractivity contribution in [1.29, 1.82) is 5.26 Å². The fourth-order valence-corrected chi connectivity index (χ4v) is 4.86. The molecule has 0 spiro atoms. The number of nitriles is 1. The first-order valence-corrected chi connectivity index (χ1v) is 11.7. The molecule has 2 heterocycles. The smallest absolute Gasteiger partial charge is 0.293 e. The van der Waals surface area contributed by atoms with Gasteiger partial charge in [-0.2, -0.15) is 5.26 Å². The van der Waals surface area contributed by atoms with Crippen LogP contribution in [0.3, 0.4) is 0 Å². The van der Waals surface area contributed by atoms with Crippen molar-refractivity contribution in [2.24, 2.45) is 5.14 Å². The zero-order chi connectivity index (χ0) is 24.2. The molecule has 0 saturated heterocycles. The molecule has 4 aromatic rings. The van der Waals surface area contributed by atoms with Crippen molar-refractivity contribution in [2.45, 2.75) is 11.3 Å². The van der Waals surface area contributed by atoms with E-state index in [2.05, 4.69) is 0 Å². The van der Waals surface area contributed by atoms with Crippen LogP contribution < -0.4 is 10.0 Å². The number of benzene rings is 3. The summed E-state index contributed by atoms with van der Waals surface area (Å²) in [5.41, 5.74) is 2.80. The standard InChI is InChI=1S/C24H16F2N4O3S/c25-17-4-1-15(13-27)20(11-17)14-2-5-18(6-3-14)29-8-7-19-9-16-10-21(26)23(34(28,32)33)12-22(16)30(19)24(29)31/h1-6,9-12H,7-8H2,(H2,28,32,33). The van der Waals surface area contributed by atoms with E-state index < -0.39 is 32.6 Å². The molecule has 0 saturated carbocycles. The van der Waals surface area contributed by atoms with Gasteiger partial charge < -0.3 is 0 Å². The van der Waals surface area contributed by atoms with Crippen molar-refractivity contribution in [3.63, 3.8) is 0 Å². The number of nitrogens with zero attached hydrogens (tertiary/aromatic N) is 3. The second-order valence-corrected chi connectivity index (χ2v) is 9.42. The third kappa shape index (κ3) is 3.51. The summed E-state index contributed by atoms with van der Waals surface area (Å²) >= 11 is 0. The number of amides is 1. The molecular weight excluding hydrogens is 462 g/mol. The molecule has 1 amide bonds. The molecule has 3 aromatic carbocycles. The highest BCUT2D eigenvalue weighted by atomic mass is 32.2. The number of aromatic nitrogens is 1. The van der Waals surface area contributed by atoms with Gasteiger partial charge in [0, 0.05) is 35.3 Å². The van der Waals surface area contributed by atoms with Crippen LogP contribution >= 0.6 is 0 Å². The quantitative estimate of drug-likeness (QED) is 0.477. The summed E-state index contributed by atoms with van der Waals surface area (Å²) < 4.78 is 52.9. The molecule has 0 atom stereocenters. The third-order valence-electron chi connectivity index (χ3n) is 5.84. The fourth-order valence-electron chi connectivity index (χ4n) is 4.25. The second-order valence-electron chi connectivity index (χ2n) is 7.89. The Balaban J connectivity index is 1.54. The first kappa shape index (κ1) is 21.8. The lowest BCUT2D eigenvalue weighted by molar-refractivity contribution is 0.246. The first-order valence-electron chi connectivity index (χ1n) is 10.2. The predicted octanol–water partition coefficient (Wildman–Crippen LogP) is 4.14. The van der Waals surface area contributed by atoms with Crippen molar-refractivity contribution >= 4 is 32.6 Å². The molecular formula is C24H16F2N4O3S. The van der Waals surface area contributed by atoms with Crippen molar-refractivity contribution < 1.29 is 22.0 Å². The van der Waals surface area contributed by atoms with Crippen molar-refractivity contribution in [2.75, 3.05) is 11.4 Å². The van der Waals surface area contributed by atoms with Gasteiger partial charge in [-0.25, -0.2) is 27.1 Å². The minimum Gasteiger partial charge on any atom is -0.293 e.